The van der Waals surface area contributed by atoms with Gasteiger partial charge in [-0.2, -0.15) is 5.10 Å². The Labute approximate surface area is 220 Å². The Balaban J connectivity index is 1.16. The maximum absolute atomic E-state index is 14.1. The van der Waals surface area contributed by atoms with E-state index in [1.54, 1.807) is 18.2 Å². The third-order valence-corrected chi connectivity index (χ3v) is 9.58. The number of para-hydroxylation sites is 1. The summed E-state index contributed by atoms with van der Waals surface area (Å²) in [6.45, 7) is 2.98. The van der Waals surface area contributed by atoms with Crippen LogP contribution in [0.3, 0.4) is 0 Å². The lowest BCUT2D eigenvalue weighted by molar-refractivity contribution is -0.0987. The fourth-order valence-electron chi connectivity index (χ4n) is 8.29. The fourth-order valence-corrected chi connectivity index (χ4v) is 8.29. The number of hydrogen-bond acceptors (Lipinski definition) is 5. The maximum atomic E-state index is 14.1. The molecule has 1 aliphatic heterocycles. The molecule has 200 valence electrons. The zero-order chi connectivity index (χ0) is 26.0. The molecule has 0 spiro atoms. The van der Waals surface area contributed by atoms with E-state index in [-0.39, 0.29) is 22.8 Å². The van der Waals surface area contributed by atoms with Crippen LogP contribution in [0.25, 0.3) is 16.9 Å². The number of carbonyl (C=O) groups is 1. The predicted molar refractivity (Wildman–Crippen MR) is 138 cm³/mol. The molecular formula is C29H33F2N5O2. The topological polar surface area (TPSA) is 63.0 Å². The largest absolute Gasteiger partial charge is 0.496 e. The molecule has 5 fully saturated rings. The molecular weight excluding hydrogens is 488 g/mol. The number of piperazine rings is 1. The average Bonchev–Trinajstić information content (AvgIpc) is 3.35. The standard InChI is InChI=1S/C29H33F2N5O2/c1-38-25-5-3-2-4-21(25)23-13-24(26(30)31)36-27(33-23)22(17-32-36)28(37)34-6-8-35(9-7-34)29-14-18-10-19(15-29)12-20(11-18)16-29/h2-5,13,17-20,26H,6-12,14-16H2,1H3. The van der Waals surface area contributed by atoms with Crippen LogP contribution in [0, 0.1) is 17.8 Å². The number of rotatable bonds is 5. The van der Waals surface area contributed by atoms with Crippen molar-refractivity contribution < 1.29 is 18.3 Å². The number of alkyl halides is 2. The Morgan fingerprint density at radius 3 is 2.32 bits per heavy atom. The van der Waals surface area contributed by atoms with E-state index in [1.165, 1.54) is 57.9 Å². The molecule has 0 atom stereocenters. The van der Waals surface area contributed by atoms with E-state index >= 15 is 0 Å². The van der Waals surface area contributed by atoms with Crippen molar-refractivity contribution in [1.29, 1.82) is 0 Å². The minimum absolute atomic E-state index is 0.150. The molecule has 7 nitrogen and oxygen atoms in total. The molecule has 0 radical (unpaired) electrons. The third-order valence-electron chi connectivity index (χ3n) is 9.58. The summed E-state index contributed by atoms with van der Waals surface area (Å²) in [4.78, 5) is 22.8. The Kier molecular flexibility index (Phi) is 5.69. The van der Waals surface area contributed by atoms with Gasteiger partial charge in [-0.05, 0) is 74.5 Å². The van der Waals surface area contributed by atoms with Gasteiger partial charge in [-0.3, -0.25) is 9.69 Å². The summed E-state index contributed by atoms with van der Waals surface area (Å²) in [6.07, 6.45) is 6.78. The second-order valence-electron chi connectivity index (χ2n) is 11.8. The first kappa shape index (κ1) is 24.0. The Morgan fingerprint density at radius 2 is 1.68 bits per heavy atom. The van der Waals surface area contributed by atoms with Crippen LogP contribution in [0.4, 0.5) is 8.78 Å². The molecule has 2 aromatic heterocycles. The quantitative estimate of drug-likeness (QED) is 0.469. The van der Waals surface area contributed by atoms with Crippen LogP contribution >= 0.6 is 0 Å². The van der Waals surface area contributed by atoms with Crippen molar-refractivity contribution in [3.63, 3.8) is 0 Å². The van der Waals surface area contributed by atoms with E-state index in [9.17, 15) is 13.6 Å². The summed E-state index contributed by atoms with van der Waals surface area (Å²) >= 11 is 0. The average molecular weight is 522 g/mol. The number of hydrogen-bond donors (Lipinski definition) is 0. The van der Waals surface area contributed by atoms with E-state index in [4.69, 9.17) is 4.74 Å². The Hall–Kier alpha value is -3.07. The first-order chi connectivity index (χ1) is 18.4. The van der Waals surface area contributed by atoms with Crippen molar-refractivity contribution in [1.82, 2.24) is 24.4 Å². The van der Waals surface area contributed by atoms with Crippen molar-refractivity contribution >= 4 is 11.6 Å². The van der Waals surface area contributed by atoms with Gasteiger partial charge in [0.15, 0.2) is 5.65 Å². The monoisotopic (exact) mass is 521 g/mol. The summed E-state index contributed by atoms with van der Waals surface area (Å²) in [6, 6.07) is 8.47. The van der Waals surface area contributed by atoms with Crippen LogP contribution in [0.15, 0.2) is 36.5 Å². The van der Waals surface area contributed by atoms with Crippen LogP contribution in [0.1, 0.15) is 61.0 Å². The first-order valence-corrected chi connectivity index (χ1v) is 13.8. The summed E-state index contributed by atoms with van der Waals surface area (Å²) in [5.41, 5.74) is 1.34. The molecule has 9 heteroatoms. The number of nitrogens with zero attached hydrogens (tertiary/aromatic N) is 5. The lowest BCUT2D eigenvalue weighted by atomic mass is 9.52. The molecule has 4 bridgehead atoms. The fraction of sp³-hybridized carbons (Fsp3) is 0.552. The third kappa shape index (κ3) is 3.81. The molecule has 1 amide bonds. The first-order valence-electron chi connectivity index (χ1n) is 13.8. The molecule has 1 saturated heterocycles. The summed E-state index contributed by atoms with van der Waals surface area (Å²) < 4.78 is 34.7. The van der Waals surface area contributed by atoms with Gasteiger partial charge in [0.25, 0.3) is 12.3 Å². The van der Waals surface area contributed by atoms with Crippen LogP contribution in [0.5, 0.6) is 5.75 Å². The van der Waals surface area contributed by atoms with Gasteiger partial charge < -0.3 is 9.64 Å². The lowest BCUT2D eigenvalue weighted by Gasteiger charge is -2.61. The van der Waals surface area contributed by atoms with Crippen LogP contribution in [-0.4, -0.2) is 69.1 Å². The van der Waals surface area contributed by atoms with E-state index in [0.29, 0.717) is 35.6 Å². The van der Waals surface area contributed by atoms with Crippen molar-refractivity contribution in [2.45, 2.75) is 50.5 Å². The number of amides is 1. The molecule has 0 N–H and O–H groups in total. The molecule has 8 rings (SSSR count). The van der Waals surface area contributed by atoms with Crippen LogP contribution in [0.2, 0.25) is 0 Å². The van der Waals surface area contributed by atoms with E-state index in [2.05, 4.69) is 15.0 Å². The van der Waals surface area contributed by atoms with Gasteiger partial charge in [-0.1, -0.05) is 12.1 Å². The second-order valence-corrected chi connectivity index (χ2v) is 11.8. The normalized spacial score (nSPS) is 28.9. The number of aromatic nitrogens is 3. The lowest BCUT2D eigenvalue weighted by Crippen LogP contribution is -2.64. The van der Waals surface area contributed by atoms with E-state index in [0.717, 1.165) is 35.4 Å². The van der Waals surface area contributed by atoms with Crippen molar-refractivity contribution in [3.8, 4) is 17.0 Å². The van der Waals surface area contributed by atoms with Gasteiger partial charge in [0.05, 0.1) is 19.0 Å². The number of benzene rings is 1. The van der Waals surface area contributed by atoms with Gasteiger partial charge >= 0.3 is 0 Å². The molecule has 4 aliphatic carbocycles. The van der Waals surface area contributed by atoms with Gasteiger partial charge in [0.2, 0.25) is 0 Å². The predicted octanol–water partition coefficient (Wildman–Crippen LogP) is 5.07. The second kappa shape index (κ2) is 9.00. The number of methoxy groups -OCH3 is 1. The number of carbonyl (C=O) groups excluding carboxylic acids is 1. The Bertz CT molecular complexity index is 1350. The van der Waals surface area contributed by atoms with Crippen molar-refractivity contribution in [3.05, 3.63) is 47.8 Å². The zero-order valence-corrected chi connectivity index (χ0v) is 21.7. The maximum Gasteiger partial charge on any atom is 0.280 e. The summed E-state index contributed by atoms with van der Waals surface area (Å²) in [5.74, 6) is 2.97. The zero-order valence-electron chi connectivity index (χ0n) is 21.7. The molecule has 0 unspecified atom stereocenters. The van der Waals surface area contributed by atoms with Gasteiger partial charge in [-0.25, -0.2) is 18.3 Å². The smallest absolute Gasteiger partial charge is 0.280 e. The van der Waals surface area contributed by atoms with Gasteiger partial charge in [-0.15, -0.1) is 0 Å². The SMILES string of the molecule is COc1ccccc1-c1cc(C(F)F)n2ncc(C(=O)N3CCN(C45CC6CC(CC(C6)C4)C5)CC3)c2n1. The molecule has 3 aromatic rings. The van der Waals surface area contributed by atoms with Crippen molar-refractivity contribution in [2.24, 2.45) is 17.8 Å². The summed E-state index contributed by atoms with van der Waals surface area (Å²) in [5, 5.41) is 4.16. The van der Waals surface area contributed by atoms with Gasteiger partial charge in [0, 0.05) is 37.3 Å². The highest BCUT2D eigenvalue weighted by atomic mass is 19.3. The Morgan fingerprint density at radius 1 is 1.03 bits per heavy atom. The van der Waals surface area contributed by atoms with E-state index < -0.39 is 6.43 Å². The molecule has 1 aromatic carbocycles. The van der Waals surface area contributed by atoms with E-state index in [1.807, 2.05) is 11.0 Å². The molecule has 4 saturated carbocycles. The highest BCUT2D eigenvalue weighted by Crippen LogP contribution is 2.57. The van der Waals surface area contributed by atoms with Crippen molar-refractivity contribution in [2.75, 3.05) is 33.3 Å². The number of halogens is 2. The highest BCUT2D eigenvalue weighted by molar-refractivity contribution is 6.00. The number of ether oxygens (including phenoxy) is 1. The summed E-state index contributed by atoms with van der Waals surface area (Å²) in [7, 11) is 1.53. The highest BCUT2D eigenvalue weighted by Gasteiger charge is 2.53. The minimum atomic E-state index is -2.78. The minimum Gasteiger partial charge on any atom is -0.496 e. The molecule has 38 heavy (non-hydrogen) atoms. The van der Waals surface area contributed by atoms with Crippen LogP contribution < -0.4 is 4.74 Å². The van der Waals surface area contributed by atoms with Gasteiger partial charge in [0.1, 0.15) is 17.0 Å². The number of fused-ring (bicyclic) bond motifs is 1. The van der Waals surface area contributed by atoms with Crippen LogP contribution in [-0.2, 0) is 0 Å². The molecule has 3 heterocycles. The molecule has 5 aliphatic rings.